The average Bonchev–Trinajstić information content (AvgIpc) is 2.10. The Morgan fingerprint density at radius 3 is 2.67 bits per heavy atom. The summed E-state index contributed by atoms with van der Waals surface area (Å²) in [6.45, 7) is 4.31. The van der Waals surface area contributed by atoms with Crippen LogP contribution in [0, 0.1) is 0 Å². The normalized spacial score (nSPS) is 9.92. The Morgan fingerprint density at radius 1 is 1.58 bits per heavy atom. The number of amides is 1. The minimum Gasteiger partial charge on any atom is -0.384 e. The first-order valence-electron chi connectivity index (χ1n) is 4.23. The SMILES string of the molecule is CCN(CCN)C(=O)CCOC. The number of likely N-dealkylation sites (N-methyl/N-ethyl adjacent to an activating group) is 1. The highest BCUT2D eigenvalue weighted by molar-refractivity contribution is 5.76. The number of carbonyl (C=O) groups excluding carboxylic acids is 1. The van der Waals surface area contributed by atoms with Crippen molar-refractivity contribution in [1.82, 2.24) is 4.90 Å². The molecule has 0 unspecified atom stereocenters. The molecule has 4 heteroatoms. The summed E-state index contributed by atoms with van der Waals surface area (Å²) in [6, 6.07) is 0. The molecule has 0 atom stereocenters. The Bertz CT molecular complexity index is 128. The zero-order valence-corrected chi connectivity index (χ0v) is 7.88. The number of nitrogens with zero attached hydrogens (tertiary/aromatic N) is 1. The van der Waals surface area contributed by atoms with Gasteiger partial charge in [0.25, 0.3) is 0 Å². The van der Waals surface area contributed by atoms with Crippen molar-refractivity contribution in [2.45, 2.75) is 13.3 Å². The van der Waals surface area contributed by atoms with Gasteiger partial charge in [-0.15, -0.1) is 0 Å². The molecule has 4 nitrogen and oxygen atoms in total. The van der Waals surface area contributed by atoms with Crippen molar-refractivity contribution < 1.29 is 9.53 Å². The zero-order chi connectivity index (χ0) is 9.40. The van der Waals surface area contributed by atoms with E-state index in [0.717, 1.165) is 6.54 Å². The first kappa shape index (κ1) is 11.4. The second-order valence-corrected chi connectivity index (χ2v) is 2.50. The summed E-state index contributed by atoms with van der Waals surface area (Å²) >= 11 is 0. The average molecular weight is 174 g/mol. The first-order chi connectivity index (χ1) is 5.76. The van der Waals surface area contributed by atoms with E-state index in [4.69, 9.17) is 10.5 Å². The first-order valence-corrected chi connectivity index (χ1v) is 4.23. The fourth-order valence-corrected chi connectivity index (χ4v) is 0.962. The lowest BCUT2D eigenvalue weighted by Crippen LogP contribution is -2.35. The molecule has 0 aliphatic rings. The minimum absolute atomic E-state index is 0.116. The van der Waals surface area contributed by atoms with Crippen LogP contribution in [0.2, 0.25) is 0 Å². The molecule has 72 valence electrons. The van der Waals surface area contributed by atoms with Crippen LogP contribution in [0.4, 0.5) is 0 Å². The third-order valence-corrected chi connectivity index (χ3v) is 1.65. The van der Waals surface area contributed by atoms with Crippen LogP contribution < -0.4 is 5.73 Å². The summed E-state index contributed by atoms with van der Waals surface area (Å²) in [7, 11) is 1.59. The molecule has 0 spiro atoms. The predicted molar refractivity (Wildman–Crippen MR) is 47.8 cm³/mol. The summed E-state index contributed by atoms with van der Waals surface area (Å²) in [6.07, 6.45) is 0.449. The van der Waals surface area contributed by atoms with E-state index in [2.05, 4.69) is 0 Å². The van der Waals surface area contributed by atoms with E-state index in [-0.39, 0.29) is 5.91 Å². The van der Waals surface area contributed by atoms with Crippen LogP contribution in [-0.4, -0.2) is 44.2 Å². The van der Waals surface area contributed by atoms with Crippen LogP contribution in [0.15, 0.2) is 0 Å². The van der Waals surface area contributed by atoms with Crippen molar-refractivity contribution in [2.24, 2.45) is 5.73 Å². The molecule has 0 heterocycles. The Kier molecular flexibility index (Phi) is 6.70. The van der Waals surface area contributed by atoms with E-state index in [1.54, 1.807) is 12.0 Å². The highest BCUT2D eigenvalue weighted by Crippen LogP contribution is 1.93. The number of ether oxygens (including phenoxy) is 1. The lowest BCUT2D eigenvalue weighted by molar-refractivity contribution is -0.131. The summed E-state index contributed by atoms with van der Waals surface area (Å²) in [5.74, 6) is 0.116. The molecule has 0 fully saturated rings. The van der Waals surface area contributed by atoms with Crippen molar-refractivity contribution in [3.05, 3.63) is 0 Å². The van der Waals surface area contributed by atoms with Gasteiger partial charge in [-0.3, -0.25) is 4.79 Å². The van der Waals surface area contributed by atoms with Crippen LogP contribution in [0.1, 0.15) is 13.3 Å². The number of hydrogen-bond acceptors (Lipinski definition) is 3. The molecule has 2 N–H and O–H groups in total. The second kappa shape index (κ2) is 7.06. The second-order valence-electron chi connectivity index (χ2n) is 2.50. The molecule has 1 amide bonds. The van der Waals surface area contributed by atoms with Gasteiger partial charge in [0.1, 0.15) is 0 Å². The Balaban J connectivity index is 3.69. The molecule has 0 radical (unpaired) electrons. The van der Waals surface area contributed by atoms with Crippen molar-refractivity contribution in [1.29, 1.82) is 0 Å². The van der Waals surface area contributed by atoms with E-state index < -0.39 is 0 Å². The molecule has 0 aromatic heterocycles. The third-order valence-electron chi connectivity index (χ3n) is 1.65. The van der Waals surface area contributed by atoms with Crippen LogP contribution in [0.5, 0.6) is 0 Å². The fourth-order valence-electron chi connectivity index (χ4n) is 0.962. The minimum atomic E-state index is 0.116. The van der Waals surface area contributed by atoms with E-state index in [9.17, 15) is 4.79 Å². The van der Waals surface area contributed by atoms with Crippen molar-refractivity contribution in [3.8, 4) is 0 Å². The van der Waals surface area contributed by atoms with Crippen molar-refractivity contribution in [3.63, 3.8) is 0 Å². The largest absolute Gasteiger partial charge is 0.384 e. The molecule has 0 saturated carbocycles. The molecule has 0 rings (SSSR count). The van der Waals surface area contributed by atoms with Gasteiger partial charge < -0.3 is 15.4 Å². The molecule has 0 saturated heterocycles. The molecular formula is C8H18N2O2. The lowest BCUT2D eigenvalue weighted by atomic mass is 10.3. The van der Waals surface area contributed by atoms with Crippen LogP contribution >= 0.6 is 0 Å². The van der Waals surface area contributed by atoms with Crippen LogP contribution in [-0.2, 0) is 9.53 Å². The topological polar surface area (TPSA) is 55.6 Å². The lowest BCUT2D eigenvalue weighted by Gasteiger charge is -2.19. The molecule has 0 aromatic carbocycles. The number of nitrogens with two attached hydrogens (primary N) is 1. The number of hydrogen-bond donors (Lipinski definition) is 1. The highest BCUT2D eigenvalue weighted by atomic mass is 16.5. The molecule has 12 heavy (non-hydrogen) atoms. The van der Waals surface area contributed by atoms with E-state index >= 15 is 0 Å². The molecule has 0 aliphatic carbocycles. The summed E-state index contributed by atoms with van der Waals surface area (Å²) in [5, 5.41) is 0. The third kappa shape index (κ3) is 4.31. The summed E-state index contributed by atoms with van der Waals surface area (Å²) in [4.78, 5) is 13.0. The predicted octanol–water partition coefficient (Wildman–Crippen LogP) is -0.170. The molecular weight excluding hydrogens is 156 g/mol. The highest BCUT2D eigenvalue weighted by Gasteiger charge is 2.08. The van der Waals surface area contributed by atoms with Gasteiger partial charge in [-0.1, -0.05) is 0 Å². The monoisotopic (exact) mass is 174 g/mol. The quantitative estimate of drug-likeness (QED) is 0.608. The van der Waals surface area contributed by atoms with E-state index in [1.807, 2.05) is 6.92 Å². The van der Waals surface area contributed by atoms with Gasteiger partial charge in [0.2, 0.25) is 5.91 Å². The van der Waals surface area contributed by atoms with Crippen molar-refractivity contribution in [2.75, 3.05) is 33.4 Å². The van der Waals surface area contributed by atoms with Crippen molar-refractivity contribution >= 4 is 5.91 Å². The van der Waals surface area contributed by atoms with Gasteiger partial charge in [0, 0.05) is 26.7 Å². The smallest absolute Gasteiger partial charge is 0.224 e. The van der Waals surface area contributed by atoms with Gasteiger partial charge in [0.15, 0.2) is 0 Å². The maximum Gasteiger partial charge on any atom is 0.224 e. The zero-order valence-electron chi connectivity index (χ0n) is 7.88. The molecule has 0 aliphatic heterocycles. The van der Waals surface area contributed by atoms with E-state index in [0.29, 0.717) is 26.1 Å². The Labute approximate surface area is 73.7 Å². The standard InChI is InChI=1S/C8H18N2O2/c1-3-10(6-5-9)8(11)4-7-12-2/h3-7,9H2,1-2H3. The number of methoxy groups -OCH3 is 1. The van der Waals surface area contributed by atoms with Gasteiger partial charge >= 0.3 is 0 Å². The summed E-state index contributed by atoms with van der Waals surface area (Å²) in [5.41, 5.74) is 5.35. The molecule has 0 aromatic rings. The molecule has 0 bridgehead atoms. The van der Waals surface area contributed by atoms with Crippen LogP contribution in [0.3, 0.4) is 0 Å². The number of carbonyl (C=O) groups is 1. The Morgan fingerprint density at radius 2 is 2.25 bits per heavy atom. The number of rotatable bonds is 6. The van der Waals surface area contributed by atoms with Crippen LogP contribution in [0.25, 0.3) is 0 Å². The maximum absolute atomic E-state index is 11.3. The Hall–Kier alpha value is -0.610. The summed E-state index contributed by atoms with van der Waals surface area (Å²) < 4.78 is 4.81. The van der Waals surface area contributed by atoms with Gasteiger partial charge in [-0.05, 0) is 6.92 Å². The van der Waals surface area contributed by atoms with Gasteiger partial charge in [-0.2, -0.15) is 0 Å². The van der Waals surface area contributed by atoms with Gasteiger partial charge in [0.05, 0.1) is 13.0 Å². The van der Waals surface area contributed by atoms with E-state index in [1.165, 1.54) is 0 Å². The fraction of sp³-hybridized carbons (Fsp3) is 0.875. The maximum atomic E-state index is 11.3. The van der Waals surface area contributed by atoms with Gasteiger partial charge in [-0.25, -0.2) is 0 Å².